The van der Waals surface area contributed by atoms with Crippen LogP contribution in [0.5, 0.6) is 0 Å². The van der Waals surface area contributed by atoms with Crippen LogP contribution in [0.3, 0.4) is 0 Å². The number of hydrogen-bond acceptors (Lipinski definition) is 2. The SMILES string of the molecule is CC(C)C(C(=O)CCC1(C)CCCC(=O)C1)c1ccccc1. The maximum Gasteiger partial charge on any atom is 0.140 e. The number of carbonyl (C=O) groups excluding carboxylic acids is 2. The Balaban J connectivity index is 2.02. The average molecular weight is 300 g/mol. The molecule has 2 nitrogen and oxygen atoms in total. The van der Waals surface area contributed by atoms with Gasteiger partial charge in [0.05, 0.1) is 0 Å². The maximum atomic E-state index is 12.8. The van der Waals surface area contributed by atoms with E-state index in [0.717, 1.165) is 31.2 Å². The Labute approximate surface area is 134 Å². The Kier molecular flexibility index (Phi) is 5.55. The van der Waals surface area contributed by atoms with Crippen LogP contribution < -0.4 is 0 Å². The second kappa shape index (κ2) is 7.21. The van der Waals surface area contributed by atoms with Crippen LogP contribution in [0.2, 0.25) is 0 Å². The highest BCUT2D eigenvalue weighted by molar-refractivity contribution is 5.86. The van der Waals surface area contributed by atoms with E-state index in [-0.39, 0.29) is 11.3 Å². The van der Waals surface area contributed by atoms with Gasteiger partial charge in [0.2, 0.25) is 0 Å². The van der Waals surface area contributed by atoms with Crippen LogP contribution in [0.4, 0.5) is 0 Å². The lowest BCUT2D eigenvalue weighted by molar-refractivity contribution is -0.126. The molecular weight excluding hydrogens is 272 g/mol. The Morgan fingerprint density at radius 1 is 1.23 bits per heavy atom. The molecule has 0 aromatic heterocycles. The molecule has 120 valence electrons. The predicted molar refractivity (Wildman–Crippen MR) is 89.8 cm³/mol. The smallest absolute Gasteiger partial charge is 0.140 e. The summed E-state index contributed by atoms with van der Waals surface area (Å²) in [5.41, 5.74) is 1.15. The monoisotopic (exact) mass is 300 g/mol. The Bertz CT molecular complexity index is 518. The number of ketones is 2. The van der Waals surface area contributed by atoms with Gasteiger partial charge >= 0.3 is 0 Å². The molecule has 0 bridgehead atoms. The Morgan fingerprint density at radius 3 is 2.50 bits per heavy atom. The topological polar surface area (TPSA) is 34.1 Å². The van der Waals surface area contributed by atoms with Crippen molar-refractivity contribution in [1.29, 1.82) is 0 Å². The predicted octanol–water partition coefficient (Wildman–Crippen LogP) is 4.92. The van der Waals surface area contributed by atoms with Crippen molar-refractivity contribution < 1.29 is 9.59 Å². The third-order valence-corrected chi connectivity index (χ3v) is 5.01. The zero-order chi connectivity index (χ0) is 16.2. The van der Waals surface area contributed by atoms with Gasteiger partial charge in [0.25, 0.3) is 0 Å². The van der Waals surface area contributed by atoms with Crippen molar-refractivity contribution in [2.75, 3.05) is 0 Å². The molecule has 0 radical (unpaired) electrons. The van der Waals surface area contributed by atoms with Crippen molar-refractivity contribution in [3.63, 3.8) is 0 Å². The van der Waals surface area contributed by atoms with E-state index in [1.807, 2.05) is 18.2 Å². The summed E-state index contributed by atoms with van der Waals surface area (Å²) in [6.07, 6.45) is 4.86. The first-order chi connectivity index (χ1) is 10.4. The molecule has 0 saturated heterocycles. The van der Waals surface area contributed by atoms with Crippen LogP contribution in [0, 0.1) is 11.3 Å². The molecule has 1 aromatic rings. The molecule has 1 aromatic carbocycles. The quantitative estimate of drug-likeness (QED) is 0.747. The van der Waals surface area contributed by atoms with E-state index in [9.17, 15) is 9.59 Å². The molecular formula is C20H28O2. The van der Waals surface area contributed by atoms with Gasteiger partial charge in [0.15, 0.2) is 0 Å². The van der Waals surface area contributed by atoms with Crippen molar-refractivity contribution in [3.8, 4) is 0 Å². The second-order valence-electron chi connectivity index (χ2n) is 7.48. The van der Waals surface area contributed by atoms with E-state index >= 15 is 0 Å². The Morgan fingerprint density at radius 2 is 1.91 bits per heavy atom. The van der Waals surface area contributed by atoms with Crippen molar-refractivity contribution in [2.45, 2.75) is 65.2 Å². The van der Waals surface area contributed by atoms with Gasteiger partial charge in [0.1, 0.15) is 11.6 Å². The summed E-state index contributed by atoms with van der Waals surface area (Å²) in [5, 5.41) is 0. The van der Waals surface area contributed by atoms with Gasteiger partial charge in [-0.3, -0.25) is 9.59 Å². The number of hydrogen-bond donors (Lipinski definition) is 0. The molecule has 1 aliphatic carbocycles. The summed E-state index contributed by atoms with van der Waals surface area (Å²) < 4.78 is 0. The molecule has 2 atom stereocenters. The summed E-state index contributed by atoms with van der Waals surface area (Å²) in [6.45, 7) is 6.40. The number of rotatable bonds is 6. The summed E-state index contributed by atoms with van der Waals surface area (Å²) >= 11 is 0. The van der Waals surface area contributed by atoms with Gasteiger partial charge in [-0.2, -0.15) is 0 Å². The standard InChI is InChI=1S/C20H28O2/c1-15(2)19(16-8-5-4-6-9-16)18(22)11-13-20(3)12-7-10-17(21)14-20/h4-6,8-9,15,19H,7,10-14H2,1-3H3. The van der Waals surface area contributed by atoms with Crippen molar-refractivity contribution in [2.24, 2.45) is 11.3 Å². The first-order valence-electron chi connectivity index (χ1n) is 8.51. The van der Waals surface area contributed by atoms with E-state index < -0.39 is 0 Å². The zero-order valence-corrected chi connectivity index (χ0v) is 14.1. The van der Waals surface area contributed by atoms with Gasteiger partial charge < -0.3 is 0 Å². The molecule has 0 heterocycles. The van der Waals surface area contributed by atoms with Crippen molar-refractivity contribution in [3.05, 3.63) is 35.9 Å². The van der Waals surface area contributed by atoms with Gasteiger partial charge in [0, 0.05) is 25.2 Å². The van der Waals surface area contributed by atoms with E-state index in [0.29, 0.717) is 30.3 Å². The largest absolute Gasteiger partial charge is 0.300 e. The molecule has 0 amide bonds. The lowest BCUT2D eigenvalue weighted by atomic mass is 9.71. The molecule has 1 fully saturated rings. The number of Topliss-reactive ketones (excluding diaryl/α,β-unsaturated/α-hetero) is 2. The summed E-state index contributed by atoms with van der Waals surface area (Å²) in [5.74, 6) is 0.963. The summed E-state index contributed by atoms with van der Waals surface area (Å²) in [4.78, 5) is 24.5. The van der Waals surface area contributed by atoms with Crippen LogP contribution in [0.1, 0.15) is 70.8 Å². The second-order valence-corrected chi connectivity index (χ2v) is 7.48. The molecule has 0 spiro atoms. The average Bonchev–Trinajstić information content (AvgIpc) is 2.46. The van der Waals surface area contributed by atoms with Crippen molar-refractivity contribution in [1.82, 2.24) is 0 Å². The van der Waals surface area contributed by atoms with Crippen molar-refractivity contribution >= 4 is 11.6 Å². The fourth-order valence-electron chi connectivity index (χ4n) is 3.76. The van der Waals surface area contributed by atoms with Crippen LogP contribution in [0.15, 0.2) is 30.3 Å². The van der Waals surface area contributed by atoms with Gasteiger partial charge in [-0.05, 0) is 36.2 Å². The number of benzene rings is 1. The third kappa shape index (κ3) is 4.28. The van der Waals surface area contributed by atoms with E-state index in [1.54, 1.807) is 0 Å². The zero-order valence-electron chi connectivity index (χ0n) is 14.1. The van der Waals surface area contributed by atoms with Gasteiger partial charge in [-0.1, -0.05) is 51.1 Å². The van der Waals surface area contributed by atoms with E-state index in [4.69, 9.17) is 0 Å². The minimum absolute atomic E-state index is 0.0240. The highest BCUT2D eigenvalue weighted by Gasteiger charge is 2.33. The fraction of sp³-hybridized carbons (Fsp3) is 0.600. The molecule has 2 rings (SSSR count). The first-order valence-corrected chi connectivity index (χ1v) is 8.51. The van der Waals surface area contributed by atoms with Crippen LogP contribution in [0.25, 0.3) is 0 Å². The highest BCUT2D eigenvalue weighted by Crippen LogP contribution is 2.39. The Hall–Kier alpha value is -1.44. The molecule has 1 aliphatic rings. The maximum absolute atomic E-state index is 12.8. The summed E-state index contributed by atoms with van der Waals surface area (Å²) in [6, 6.07) is 10.1. The first kappa shape index (κ1) is 16.9. The van der Waals surface area contributed by atoms with Gasteiger partial charge in [-0.25, -0.2) is 0 Å². The minimum Gasteiger partial charge on any atom is -0.300 e. The van der Waals surface area contributed by atoms with Crippen LogP contribution in [-0.2, 0) is 9.59 Å². The normalized spacial score (nSPS) is 23.5. The lowest BCUT2D eigenvalue weighted by Gasteiger charge is -2.33. The molecule has 0 N–H and O–H groups in total. The van der Waals surface area contributed by atoms with E-state index in [2.05, 4.69) is 32.9 Å². The molecule has 2 unspecified atom stereocenters. The molecule has 1 saturated carbocycles. The number of carbonyl (C=O) groups is 2. The minimum atomic E-state index is -0.0240. The lowest BCUT2D eigenvalue weighted by Crippen LogP contribution is -2.28. The third-order valence-electron chi connectivity index (χ3n) is 5.01. The summed E-state index contributed by atoms with van der Waals surface area (Å²) in [7, 11) is 0. The molecule has 2 heteroatoms. The highest BCUT2D eigenvalue weighted by atomic mass is 16.1. The molecule has 22 heavy (non-hydrogen) atoms. The van der Waals surface area contributed by atoms with E-state index in [1.165, 1.54) is 0 Å². The molecule has 0 aliphatic heterocycles. The fourth-order valence-corrected chi connectivity index (χ4v) is 3.76. The van der Waals surface area contributed by atoms with Crippen LogP contribution >= 0.6 is 0 Å². The van der Waals surface area contributed by atoms with Gasteiger partial charge in [-0.15, -0.1) is 0 Å². The van der Waals surface area contributed by atoms with Crippen LogP contribution in [-0.4, -0.2) is 11.6 Å².